The monoisotopic (exact) mass is 474 g/mol. The van der Waals surface area contributed by atoms with E-state index in [0.29, 0.717) is 56.3 Å². The molecule has 0 atom stereocenters. The van der Waals surface area contributed by atoms with Crippen LogP contribution in [-0.4, -0.2) is 62.9 Å². The van der Waals surface area contributed by atoms with Crippen LogP contribution in [-0.2, 0) is 35.9 Å². The lowest BCUT2D eigenvalue weighted by molar-refractivity contribution is 0.177. The van der Waals surface area contributed by atoms with E-state index in [1.54, 1.807) is 15.9 Å². The third kappa shape index (κ3) is 4.94. The van der Waals surface area contributed by atoms with Gasteiger partial charge in [0.2, 0.25) is 10.0 Å². The van der Waals surface area contributed by atoms with Gasteiger partial charge in [-0.3, -0.25) is 19.2 Å². The summed E-state index contributed by atoms with van der Waals surface area (Å²) in [5, 5.41) is 0. The maximum atomic E-state index is 12.8. The largest absolute Gasteiger partial charge is 0.330 e. The number of imidazole rings is 1. The first-order valence-electron chi connectivity index (χ1n) is 11.2. The van der Waals surface area contributed by atoms with Gasteiger partial charge in [0.1, 0.15) is 5.82 Å². The molecule has 33 heavy (non-hydrogen) atoms. The Balaban J connectivity index is 1.48. The Hall–Kier alpha value is -2.76. The molecule has 0 saturated carbocycles. The molecule has 1 N–H and O–H groups in total. The van der Waals surface area contributed by atoms with Gasteiger partial charge in [-0.2, -0.15) is 4.31 Å². The van der Waals surface area contributed by atoms with Crippen molar-refractivity contribution in [3.05, 3.63) is 62.6 Å². The summed E-state index contributed by atoms with van der Waals surface area (Å²) in [7, 11) is -1.61. The summed E-state index contributed by atoms with van der Waals surface area (Å²) in [6.07, 6.45) is 1.73. The SMILES string of the molecule is CCCCn1c(=O)[nH]c(=O)c2c1nc(CN1CCN(S(=O)(=O)Cc3ccccc3)CC1)n2C. The summed E-state index contributed by atoms with van der Waals surface area (Å²) in [5.74, 6) is 0.670. The summed E-state index contributed by atoms with van der Waals surface area (Å²) in [6, 6.07) is 9.19. The molecular weight excluding hydrogens is 444 g/mol. The molecule has 1 fully saturated rings. The van der Waals surface area contributed by atoms with Crippen LogP contribution in [0.3, 0.4) is 0 Å². The van der Waals surface area contributed by atoms with Crippen LogP contribution in [0.25, 0.3) is 11.2 Å². The highest BCUT2D eigenvalue weighted by Gasteiger charge is 2.28. The number of fused-ring (bicyclic) bond motifs is 1. The van der Waals surface area contributed by atoms with E-state index in [1.807, 2.05) is 37.3 Å². The van der Waals surface area contributed by atoms with E-state index in [-0.39, 0.29) is 5.75 Å². The maximum Gasteiger partial charge on any atom is 0.330 e. The number of rotatable bonds is 8. The molecule has 0 amide bonds. The molecule has 0 aliphatic carbocycles. The van der Waals surface area contributed by atoms with Gasteiger partial charge in [0.15, 0.2) is 11.2 Å². The Morgan fingerprint density at radius 2 is 1.76 bits per heavy atom. The Bertz CT molecular complexity index is 1330. The standard InChI is InChI=1S/C22H30N6O4S/c1-3-4-10-28-20-19(21(29)24-22(28)30)25(2)18(23-20)15-26-11-13-27(14-12-26)33(31,32)16-17-8-6-5-7-9-17/h5-9H,3-4,10-16H2,1-2H3,(H,24,29,30). The summed E-state index contributed by atoms with van der Waals surface area (Å²) < 4.78 is 30.4. The molecule has 2 aromatic heterocycles. The number of aromatic amines is 1. The predicted molar refractivity (Wildman–Crippen MR) is 126 cm³/mol. The number of piperazine rings is 1. The minimum Gasteiger partial charge on any atom is -0.324 e. The zero-order valence-corrected chi connectivity index (χ0v) is 19.8. The van der Waals surface area contributed by atoms with Crippen molar-refractivity contribution in [2.45, 2.75) is 38.6 Å². The molecule has 0 bridgehead atoms. The third-order valence-electron chi connectivity index (χ3n) is 6.12. The topological polar surface area (TPSA) is 113 Å². The number of hydrogen-bond donors (Lipinski definition) is 1. The molecule has 3 heterocycles. The van der Waals surface area contributed by atoms with Crippen molar-refractivity contribution < 1.29 is 8.42 Å². The normalized spacial score (nSPS) is 15.9. The van der Waals surface area contributed by atoms with Crippen molar-refractivity contribution in [1.82, 2.24) is 28.3 Å². The van der Waals surface area contributed by atoms with Gasteiger partial charge in [0, 0.05) is 39.8 Å². The Labute approximate surface area is 192 Å². The van der Waals surface area contributed by atoms with Crippen LogP contribution < -0.4 is 11.2 Å². The molecule has 0 unspecified atom stereocenters. The average Bonchev–Trinajstić information content (AvgIpc) is 3.10. The second-order valence-corrected chi connectivity index (χ2v) is 10.4. The summed E-state index contributed by atoms with van der Waals surface area (Å²) in [4.78, 5) is 33.9. The Kier molecular flexibility index (Phi) is 6.82. The van der Waals surface area contributed by atoms with Gasteiger partial charge in [0.05, 0.1) is 12.3 Å². The predicted octanol–water partition coefficient (Wildman–Crippen LogP) is 0.871. The highest BCUT2D eigenvalue weighted by Crippen LogP contribution is 2.17. The van der Waals surface area contributed by atoms with Crippen LogP contribution >= 0.6 is 0 Å². The van der Waals surface area contributed by atoms with Gasteiger partial charge in [0.25, 0.3) is 5.56 Å². The zero-order chi connectivity index (χ0) is 23.6. The summed E-state index contributed by atoms with van der Waals surface area (Å²) in [6.45, 7) is 4.95. The van der Waals surface area contributed by atoms with E-state index < -0.39 is 21.3 Å². The number of aryl methyl sites for hydroxylation is 2. The molecule has 1 saturated heterocycles. The van der Waals surface area contributed by atoms with E-state index in [9.17, 15) is 18.0 Å². The van der Waals surface area contributed by atoms with Crippen molar-refractivity contribution in [3.8, 4) is 0 Å². The lowest BCUT2D eigenvalue weighted by Crippen LogP contribution is -2.48. The second-order valence-electron chi connectivity index (χ2n) is 8.44. The Morgan fingerprint density at radius 3 is 2.42 bits per heavy atom. The molecule has 1 aliphatic rings. The molecule has 1 aromatic carbocycles. The summed E-state index contributed by atoms with van der Waals surface area (Å²) in [5.41, 5.74) is 0.672. The van der Waals surface area contributed by atoms with Crippen molar-refractivity contribution in [2.24, 2.45) is 7.05 Å². The number of benzene rings is 1. The van der Waals surface area contributed by atoms with Crippen molar-refractivity contribution in [3.63, 3.8) is 0 Å². The number of aromatic nitrogens is 4. The fourth-order valence-electron chi connectivity index (χ4n) is 4.20. The smallest absolute Gasteiger partial charge is 0.324 e. The first-order chi connectivity index (χ1) is 15.8. The van der Waals surface area contributed by atoms with Crippen molar-refractivity contribution in [2.75, 3.05) is 26.2 Å². The van der Waals surface area contributed by atoms with Crippen LogP contribution in [0.2, 0.25) is 0 Å². The zero-order valence-electron chi connectivity index (χ0n) is 19.0. The number of hydrogen-bond acceptors (Lipinski definition) is 6. The van der Waals surface area contributed by atoms with Gasteiger partial charge < -0.3 is 4.57 Å². The molecule has 4 rings (SSSR count). The van der Waals surface area contributed by atoms with Crippen LogP contribution in [0.1, 0.15) is 31.2 Å². The number of unbranched alkanes of at least 4 members (excludes halogenated alkanes) is 1. The lowest BCUT2D eigenvalue weighted by Gasteiger charge is -2.33. The minimum absolute atomic E-state index is 0.00331. The number of nitrogens with one attached hydrogen (secondary N) is 1. The van der Waals surface area contributed by atoms with Gasteiger partial charge in [-0.25, -0.2) is 18.2 Å². The highest BCUT2D eigenvalue weighted by molar-refractivity contribution is 7.88. The Morgan fingerprint density at radius 1 is 1.06 bits per heavy atom. The van der Waals surface area contributed by atoms with Crippen LogP contribution in [0.5, 0.6) is 0 Å². The summed E-state index contributed by atoms with van der Waals surface area (Å²) >= 11 is 0. The fraction of sp³-hybridized carbons (Fsp3) is 0.500. The van der Waals surface area contributed by atoms with Crippen molar-refractivity contribution in [1.29, 1.82) is 0 Å². The molecule has 10 nitrogen and oxygen atoms in total. The number of nitrogens with zero attached hydrogens (tertiary/aromatic N) is 5. The van der Waals surface area contributed by atoms with Gasteiger partial charge in [-0.05, 0) is 12.0 Å². The van der Waals surface area contributed by atoms with E-state index in [0.717, 1.165) is 18.4 Å². The molecular formula is C22H30N6O4S. The van der Waals surface area contributed by atoms with E-state index in [2.05, 4.69) is 14.9 Å². The van der Waals surface area contributed by atoms with E-state index >= 15 is 0 Å². The fourth-order valence-corrected chi connectivity index (χ4v) is 5.71. The second kappa shape index (κ2) is 9.62. The quantitative estimate of drug-likeness (QED) is 0.518. The minimum atomic E-state index is -3.38. The molecule has 0 spiro atoms. The van der Waals surface area contributed by atoms with Gasteiger partial charge >= 0.3 is 5.69 Å². The van der Waals surface area contributed by atoms with E-state index in [4.69, 9.17) is 0 Å². The number of H-pyrrole nitrogens is 1. The van der Waals surface area contributed by atoms with Gasteiger partial charge in [-0.1, -0.05) is 43.7 Å². The van der Waals surface area contributed by atoms with Crippen LogP contribution in [0.15, 0.2) is 39.9 Å². The van der Waals surface area contributed by atoms with Crippen molar-refractivity contribution >= 4 is 21.2 Å². The van der Waals surface area contributed by atoms with Crippen LogP contribution in [0, 0.1) is 0 Å². The highest BCUT2D eigenvalue weighted by atomic mass is 32.2. The molecule has 1 aliphatic heterocycles. The molecule has 11 heteroatoms. The molecule has 3 aromatic rings. The van der Waals surface area contributed by atoms with Crippen LogP contribution in [0.4, 0.5) is 0 Å². The number of sulfonamides is 1. The van der Waals surface area contributed by atoms with E-state index in [1.165, 1.54) is 4.57 Å². The first kappa shape index (κ1) is 23.4. The lowest BCUT2D eigenvalue weighted by atomic mass is 10.2. The molecule has 0 radical (unpaired) electrons. The maximum absolute atomic E-state index is 12.8. The third-order valence-corrected chi connectivity index (χ3v) is 7.97. The van der Waals surface area contributed by atoms with Gasteiger partial charge in [-0.15, -0.1) is 0 Å². The average molecular weight is 475 g/mol. The first-order valence-corrected chi connectivity index (χ1v) is 12.8. The molecule has 178 valence electrons.